The Bertz CT molecular complexity index is 673. The van der Waals surface area contributed by atoms with Gasteiger partial charge in [-0.25, -0.2) is 4.98 Å². The van der Waals surface area contributed by atoms with Crippen molar-refractivity contribution in [2.24, 2.45) is 0 Å². The summed E-state index contributed by atoms with van der Waals surface area (Å²) < 4.78 is 5.03. The molecular formula is C14H15N3O4. The van der Waals surface area contributed by atoms with Crippen molar-refractivity contribution in [2.45, 2.75) is 13.5 Å². The summed E-state index contributed by atoms with van der Waals surface area (Å²) in [6, 6.07) is 6.77. The van der Waals surface area contributed by atoms with Crippen molar-refractivity contribution in [3.8, 4) is 11.5 Å². The van der Waals surface area contributed by atoms with Gasteiger partial charge >= 0.3 is 0 Å². The topological polar surface area (TPSA) is 97.5 Å². The van der Waals surface area contributed by atoms with Crippen molar-refractivity contribution in [3.05, 3.63) is 51.7 Å². The lowest BCUT2D eigenvalue weighted by Crippen LogP contribution is -2.03. The van der Waals surface area contributed by atoms with Crippen LogP contribution in [0.1, 0.15) is 11.1 Å². The lowest BCUT2D eigenvalue weighted by molar-refractivity contribution is -0.385. The van der Waals surface area contributed by atoms with E-state index in [0.717, 1.165) is 0 Å². The molecule has 0 saturated heterocycles. The summed E-state index contributed by atoms with van der Waals surface area (Å²) in [6.07, 6.45) is 1.21. The van der Waals surface area contributed by atoms with Gasteiger partial charge in [0.15, 0.2) is 11.5 Å². The normalized spacial score (nSPS) is 10.2. The van der Waals surface area contributed by atoms with Crippen LogP contribution in [0, 0.1) is 17.0 Å². The number of rotatable bonds is 5. The minimum atomic E-state index is -0.472. The maximum absolute atomic E-state index is 10.7. The number of aromatic nitrogens is 1. The van der Waals surface area contributed by atoms with Gasteiger partial charge in [-0.15, -0.1) is 0 Å². The van der Waals surface area contributed by atoms with Gasteiger partial charge in [-0.1, -0.05) is 12.1 Å². The van der Waals surface area contributed by atoms with Crippen LogP contribution >= 0.6 is 0 Å². The van der Waals surface area contributed by atoms with Crippen LogP contribution in [0.15, 0.2) is 30.5 Å². The molecular weight excluding hydrogens is 274 g/mol. The predicted octanol–water partition coefficient (Wildman–Crippen LogP) is 2.62. The van der Waals surface area contributed by atoms with E-state index in [9.17, 15) is 15.2 Å². The number of methoxy groups -OCH3 is 1. The zero-order chi connectivity index (χ0) is 15.4. The number of anilines is 1. The molecule has 1 aromatic carbocycles. The standard InChI is InChI=1S/C14H15N3O4/c1-9-6-13(16-8-11(9)17(19)20)15-7-10-4-3-5-12(21-2)14(10)18/h3-6,8,18H,7H2,1-2H3,(H,15,16). The van der Waals surface area contributed by atoms with Gasteiger partial charge in [0.05, 0.1) is 12.0 Å². The summed E-state index contributed by atoms with van der Waals surface area (Å²) in [7, 11) is 1.48. The Morgan fingerprint density at radius 3 is 2.86 bits per heavy atom. The molecule has 1 heterocycles. The predicted molar refractivity (Wildman–Crippen MR) is 77.6 cm³/mol. The maximum atomic E-state index is 10.7. The van der Waals surface area contributed by atoms with Gasteiger partial charge in [-0.2, -0.15) is 0 Å². The van der Waals surface area contributed by atoms with Crippen molar-refractivity contribution in [2.75, 3.05) is 12.4 Å². The van der Waals surface area contributed by atoms with E-state index in [0.29, 0.717) is 29.2 Å². The molecule has 0 aliphatic carbocycles. The first-order valence-corrected chi connectivity index (χ1v) is 6.22. The lowest BCUT2D eigenvalue weighted by atomic mass is 10.2. The van der Waals surface area contributed by atoms with E-state index < -0.39 is 4.92 Å². The number of nitro groups is 1. The SMILES string of the molecule is COc1cccc(CNc2cc(C)c([N+](=O)[O-])cn2)c1O. The molecule has 0 atom stereocenters. The Balaban J connectivity index is 2.14. The molecule has 110 valence electrons. The van der Waals surface area contributed by atoms with Gasteiger partial charge in [0.1, 0.15) is 12.0 Å². The molecule has 7 nitrogen and oxygen atoms in total. The molecule has 0 saturated carbocycles. The highest BCUT2D eigenvalue weighted by Crippen LogP contribution is 2.29. The van der Waals surface area contributed by atoms with Gasteiger partial charge in [0.2, 0.25) is 0 Å². The third-order valence-electron chi connectivity index (χ3n) is 3.04. The monoisotopic (exact) mass is 289 g/mol. The molecule has 0 fully saturated rings. The first kappa shape index (κ1) is 14.6. The third kappa shape index (κ3) is 3.19. The number of hydrogen-bond acceptors (Lipinski definition) is 6. The van der Waals surface area contributed by atoms with Crippen LogP contribution < -0.4 is 10.1 Å². The Labute approximate surface area is 121 Å². The molecule has 0 unspecified atom stereocenters. The summed E-state index contributed by atoms with van der Waals surface area (Å²) in [6.45, 7) is 1.97. The van der Waals surface area contributed by atoms with Gasteiger partial charge in [0.25, 0.3) is 5.69 Å². The van der Waals surface area contributed by atoms with Crippen molar-refractivity contribution < 1.29 is 14.8 Å². The van der Waals surface area contributed by atoms with Crippen LogP contribution in [0.2, 0.25) is 0 Å². The molecule has 7 heteroatoms. The molecule has 2 aromatic rings. The Morgan fingerprint density at radius 1 is 1.48 bits per heavy atom. The van der Waals surface area contributed by atoms with Crippen molar-refractivity contribution in [1.29, 1.82) is 0 Å². The lowest BCUT2D eigenvalue weighted by Gasteiger charge is -2.10. The van der Waals surface area contributed by atoms with Crippen molar-refractivity contribution in [1.82, 2.24) is 4.98 Å². The Hall–Kier alpha value is -2.83. The van der Waals surface area contributed by atoms with Gasteiger partial charge in [-0.05, 0) is 19.1 Å². The molecule has 0 aliphatic rings. The fourth-order valence-electron chi connectivity index (χ4n) is 1.90. The highest BCUT2D eigenvalue weighted by atomic mass is 16.6. The molecule has 0 amide bonds. The molecule has 2 N–H and O–H groups in total. The number of nitrogens with one attached hydrogen (secondary N) is 1. The molecule has 0 bridgehead atoms. The average Bonchev–Trinajstić information content (AvgIpc) is 2.46. The van der Waals surface area contributed by atoms with Crippen LogP contribution in [-0.2, 0) is 6.54 Å². The number of hydrogen-bond donors (Lipinski definition) is 2. The van der Waals surface area contributed by atoms with E-state index in [4.69, 9.17) is 4.74 Å². The van der Waals surface area contributed by atoms with E-state index in [-0.39, 0.29) is 11.4 Å². The molecule has 21 heavy (non-hydrogen) atoms. The maximum Gasteiger partial charge on any atom is 0.290 e. The highest BCUT2D eigenvalue weighted by Gasteiger charge is 2.12. The second-order valence-corrected chi connectivity index (χ2v) is 4.43. The van der Waals surface area contributed by atoms with Crippen LogP contribution in [0.4, 0.5) is 11.5 Å². The van der Waals surface area contributed by atoms with Crippen molar-refractivity contribution in [3.63, 3.8) is 0 Å². The van der Waals surface area contributed by atoms with E-state index in [2.05, 4.69) is 10.3 Å². The van der Waals surface area contributed by atoms with Gasteiger partial charge in [0, 0.05) is 17.7 Å². The number of benzene rings is 1. The van der Waals surface area contributed by atoms with Crippen molar-refractivity contribution >= 4 is 11.5 Å². The number of aromatic hydroxyl groups is 1. The largest absolute Gasteiger partial charge is 0.504 e. The number of phenolic OH excluding ortho intramolecular Hbond substituents is 1. The fraction of sp³-hybridized carbons (Fsp3) is 0.214. The molecule has 2 rings (SSSR count). The summed E-state index contributed by atoms with van der Waals surface area (Å²) in [4.78, 5) is 14.2. The number of aryl methyl sites for hydroxylation is 1. The molecule has 0 aliphatic heterocycles. The van der Waals surface area contributed by atoms with E-state index in [1.165, 1.54) is 13.3 Å². The average molecular weight is 289 g/mol. The number of phenols is 1. The second-order valence-electron chi connectivity index (χ2n) is 4.43. The zero-order valence-electron chi connectivity index (χ0n) is 11.7. The zero-order valence-corrected chi connectivity index (χ0v) is 11.7. The summed E-state index contributed by atoms with van der Waals surface area (Å²) in [5.41, 5.74) is 1.14. The number of nitrogens with zero attached hydrogens (tertiary/aromatic N) is 2. The number of ether oxygens (including phenoxy) is 1. The highest BCUT2D eigenvalue weighted by molar-refractivity contribution is 5.50. The summed E-state index contributed by atoms with van der Waals surface area (Å²) in [5.74, 6) is 0.952. The first-order valence-electron chi connectivity index (χ1n) is 6.22. The van der Waals surface area contributed by atoms with E-state index in [1.54, 1.807) is 31.2 Å². The Kier molecular flexibility index (Phi) is 4.22. The minimum absolute atomic E-state index is 0.0234. The number of pyridine rings is 1. The third-order valence-corrected chi connectivity index (χ3v) is 3.04. The second kappa shape index (κ2) is 6.08. The van der Waals surface area contributed by atoms with Crippen LogP contribution in [0.5, 0.6) is 11.5 Å². The van der Waals surface area contributed by atoms with Crippen LogP contribution in [0.3, 0.4) is 0 Å². The molecule has 0 spiro atoms. The van der Waals surface area contributed by atoms with Gasteiger partial charge in [-0.3, -0.25) is 10.1 Å². The number of para-hydroxylation sites is 1. The van der Waals surface area contributed by atoms with Gasteiger partial charge < -0.3 is 15.2 Å². The van der Waals surface area contributed by atoms with E-state index >= 15 is 0 Å². The summed E-state index contributed by atoms with van der Waals surface area (Å²) in [5, 5.41) is 23.7. The minimum Gasteiger partial charge on any atom is -0.504 e. The summed E-state index contributed by atoms with van der Waals surface area (Å²) >= 11 is 0. The first-order chi connectivity index (χ1) is 10.0. The smallest absolute Gasteiger partial charge is 0.290 e. The Morgan fingerprint density at radius 2 is 2.24 bits per heavy atom. The van der Waals surface area contributed by atoms with Crippen LogP contribution in [0.25, 0.3) is 0 Å². The van der Waals surface area contributed by atoms with Crippen LogP contribution in [-0.4, -0.2) is 22.1 Å². The molecule has 1 aromatic heterocycles. The fourth-order valence-corrected chi connectivity index (χ4v) is 1.90. The van der Waals surface area contributed by atoms with E-state index in [1.807, 2.05) is 0 Å². The quantitative estimate of drug-likeness (QED) is 0.648. The molecule has 0 radical (unpaired) electrons.